The lowest BCUT2D eigenvalue weighted by molar-refractivity contribution is 0.144. The molecule has 4 nitrogen and oxygen atoms in total. The van der Waals surface area contributed by atoms with Crippen molar-refractivity contribution >= 4 is 33.3 Å². The minimum atomic E-state index is -0.321. The highest BCUT2D eigenvalue weighted by Gasteiger charge is 2.22. The normalized spacial score (nSPS) is 25.4. The van der Waals surface area contributed by atoms with E-state index in [2.05, 4.69) is 31.2 Å². The largest absolute Gasteiger partial charge is 0.391 e. The molecule has 0 aliphatic heterocycles. The Kier molecular flexibility index (Phi) is 4.59. The van der Waals surface area contributed by atoms with Crippen LogP contribution in [0.1, 0.15) is 32.1 Å². The summed E-state index contributed by atoms with van der Waals surface area (Å²) in [6, 6.07) is 0.0415. The van der Waals surface area contributed by atoms with E-state index in [0.29, 0.717) is 15.4 Å². The quantitative estimate of drug-likeness (QED) is 0.650. The number of rotatable bonds is 2. The molecule has 0 saturated heterocycles. The van der Waals surface area contributed by atoms with E-state index in [4.69, 9.17) is 11.6 Å². The smallest absolute Gasteiger partial charge is 0.148 e. The number of anilines is 1. The Hall–Kier alpha value is -0.390. The maximum atomic E-state index is 10.0. The first-order chi connectivity index (χ1) is 8.18. The number of aliphatic hydroxyl groups is 1. The van der Waals surface area contributed by atoms with Crippen molar-refractivity contribution in [2.75, 3.05) is 5.32 Å². The van der Waals surface area contributed by atoms with Crippen LogP contribution in [0, 0.1) is 0 Å². The molecule has 1 aliphatic rings. The van der Waals surface area contributed by atoms with Crippen molar-refractivity contribution in [1.29, 1.82) is 0 Å². The van der Waals surface area contributed by atoms with Gasteiger partial charge in [-0.05, 0) is 28.8 Å². The van der Waals surface area contributed by atoms with Gasteiger partial charge in [-0.25, -0.2) is 9.97 Å². The highest BCUT2D eigenvalue weighted by Crippen LogP contribution is 2.28. The Morgan fingerprint density at radius 1 is 1.29 bits per heavy atom. The zero-order valence-electron chi connectivity index (χ0n) is 9.37. The first-order valence-electron chi connectivity index (χ1n) is 5.79. The minimum absolute atomic E-state index is 0.0415. The van der Waals surface area contributed by atoms with Gasteiger partial charge in [0.05, 0.1) is 16.6 Å². The van der Waals surface area contributed by atoms with E-state index in [1.165, 1.54) is 12.7 Å². The summed E-state index contributed by atoms with van der Waals surface area (Å²) in [6.45, 7) is 0. The van der Waals surface area contributed by atoms with Crippen LogP contribution in [-0.2, 0) is 0 Å². The van der Waals surface area contributed by atoms with E-state index < -0.39 is 0 Å². The van der Waals surface area contributed by atoms with E-state index in [0.717, 1.165) is 25.7 Å². The van der Waals surface area contributed by atoms with Gasteiger partial charge in [-0.15, -0.1) is 0 Å². The fraction of sp³-hybridized carbons (Fsp3) is 0.636. The molecule has 2 N–H and O–H groups in total. The first kappa shape index (κ1) is 13.1. The highest BCUT2D eigenvalue weighted by atomic mass is 79.9. The van der Waals surface area contributed by atoms with Gasteiger partial charge in [-0.2, -0.15) is 0 Å². The molecular formula is C11H15BrClN3O. The molecule has 0 bridgehead atoms. The summed E-state index contributed by atoms with van der Waals surface area (Å²) >= 11 is 9.25. The number of hydrogen-bond acceptors (Lipinski definition) is 4. The van der Waals surface area contributed by atoms with Crippen LogP contribution in [0.3, 0.4) is 0 Å². The topological polar surface area (TPSA) is 58.0 Å². The minimum Gasteiger partial charge on any atom is -0.391 e. The molecule has 2 rings (SSSR count). The molecule has 1 heterocycles. The fourth-order valence-electron chi connectivity index (χ4n) is 2.08. The third kappa shape index (κ3) is 3.30. The summed E-state index contributed by atoms with van der Waals surface area (Å²) < 4.78 is 0.651. The van der Waals surface area contributed by atoms with Gasteiger partial charge in [0.25, 0.3) is 0 Å². The van der Waals surface area contributed by atoms with E-state index in [-0.39, 0.29) is 12.1 Å². The number of halogens is 2. The molecule has 1 aromatic rings. The van der Waals surface area contributed by atoms with Crippen molar-refractivity contribution in [2.24, 2.45) is 0 Å². The van der Waals surface area contributed by atoms with Gasteiger partial charge in [0.1, 0.15) is 17.3 Å². The second kappa shape index (κ2) is 5.98. The average Bonchev–Trinajstić information content (AvgIpc) is 2.51. The van der Waals surface area contributed by atoms with Crippen LogP contribution in [0.5, 0.6) is 0 Å². The number of aromatic nitrogens is 2. The third-order valence-corrected chi connectivity index (χ3v) is 4.31. The van der Waals surface area contributed by atoms with Gasteiger partial charge in [0.15, 0.2) is 0 Å². The van der Waals surface area contributed by atoms with Gasteiger partial charge in [-0.3, -0.25) is 0 Å². The SMILES string of the molecule is OC1CCCCCC1Nc1ncnc(Cl)c1Br. The summed E-state index contributed by atoms with van der Waals surface area (Å²) in [5.74, 6) is 0.649. The number of aliphatic hydroxyl groups excluding tert-OH is 1. The Labute approximate surface area is 114 Å². The van der Waals surface area contributed by atoms with Crippen LogP contribution < -0.4 is 5.32 Å². The lowest BCUT2D eigenvalue weighted by atomic mass is 10.1. The Morgan fingerprint density at radius 3 is 2.88 bits per heavy atom. The molecule has 6 heteroatoms. The zero-order valence-corrected chi connectivity index (χ0v) is 11.7. The van der Waals surface area contributed by atoms with Crippen LogP contribution in [0.2, 0.25) is 5.15 Å². The molecular weight excluding hydrogens is 305 g/mol. The summed E-state index contributed by atoms with van der Waals surface area (Å²) in [5, 5.41) is 13.6. The molecule has 0 amide bonds. The van der Waals surface area contributed by atoms with E-state index >= 15 is 0 Å². The molecule has 0 radical (unpaired) electrons. The summed E-state index contributed by atoms with van der Waals surface area (Å²) in [6.07, 6.45) is 6.29. The van der Waals surface area contributed by atoms with Gasteiger partial charge < -0.3 is 10.4 Å². The first-order valence-corrected chi connectivity index (χ1v) is 6.96. The molecule has 17 heavy (non-hydrogen) atoms. The van der Waals surface area contributed by atoms with Gasteiger partial charge >= 0.3 is 0 Å². The van der Waals surface area contributed by atoms with E-state index in [9.17, 15) is 5.11 Å². The molecule has 1 fully saturated rings. The summed E-state index contributed by atoms with van der Waals surface area (Å²) in [4.78, 5) is 8.01. The molecule has 2 unspecified atom stereocenters. The third-order valence-electron chi connectivity index (χ3n) is 3.05. The molecule has 0 aromatic carbocycles. The Balaban J connectivity index is 2.10. The van der Waals surface area contributed by atoms with Crippen molar-refractivity contribution in [3.8, 4) is 0 Å². The van der Waals surface area contributed by atoms with Crippen molar-refractivity contribution in [3.05, 3.63) is 16.0 Å². The lowest BCUT2D eigenvalue weighted by Crippen LogP contribution is -2.32. The molecule has 0 spiro atoms. The number of nitrogens with one attached hydrogen (secondary N) is 1. The zero-order chi connectivity index (χ0) is 12.3. The number of hydrogen-bond donors (Lipinski definition) is 2. The molecule has 2 atom stereocenters. The molecule has 1 aliphatic carbocycles. The standard InChI is InChI=1S/C11H15BrClN3O/c12-9-10(13)14-6-15-11(9)16-7-4-2-1-3-5-8(7)17/h6-8,17H,1-5H2,(H,14,15,16). The van der Waals surface area contributed by atoms with Crippen LogP contribution >= 0.6 is 27.5 Å². The fourth-order valence-corrected chi connectivity index (χ4v) is 2.53. The summed E-state index contributed by atoms with van der Waals surface area (Å²) in [5.41, 5.74) is 0. The average molecular weight is 321 g/mol. The van der Waals surface area contributed by atoms with Gasteiger partial charge in [-0.1, -0.05) is 30.9 Å². The maximum Gasteiger partial charge on any atom is 0.148 e. The van der Waals surface area contributed by atoms with E-state index in [1.54, 1.807) is 0 Å². The van der Waals surface area contributed by atoms with Crippen molar-refractivity contribution < 1.29 is 5.11 Å². The predicted molar refractivity (Wildman–Crippen MR) is 71.2 cm³/mol. The van der Waals surface area contributed by atoms with Crippen LogP contribution in [0.4, 0.5) is 5.82 Å². The summed E-state index contributed by atoms with van der Waals surface area (Å²) in [7, 11) is 0. The van der Waals surface area contributed by atoms with Crippen molar-refractivity contribution in [3.63, 3.8) is 0 Å². The second-order valence-electron chi connectivity index (χ2n) is 4.28. The van der Waals surface area contributed by atoms with E-state index in [1.807, 2.05) is 0 Å². The Bertz CT molecular complexity index is 391. The monoisotopic (exact) mass is 319 g/mol. The predicted octanol–water partition coefficient (Wildman–Crippen LogP) is 3.00. The lowest BCUT2D eigenvalue weighted by Gasteiger charge is -2.22. The van der Waals surface area contributed by atoms with Crippen LogP contribution in [0.25, 0.3) is 0 Å². The number of nitrogens with zero attached hydrogens (tertiary/aromatic N) is 2. The van der Waals surface area contributed by atoms with Gasteiger partial charge in [0, 0.05) is 0 Å². The van der Waals surface area contributed by atoms with Crippen LogP contribution in [-0.4, -0.2) is 27.2 Å². The second-order valence-corrected chi connectivity index (χ2v) is 5.43. The van der Waals surface area contributed by atoms with Crippen LogP contribution in [0.15, 0.2) is 10.8 Å². The van der Waals surface area contributed by atoms with Gasteiger partial charge in [0.2, 0.25) is 0 Å². The Morgan fingerprint density at radius 2 is 2.06 bits per heavy atom. The molecule has 1 aromatic heterocycles. The van der Waals surface area contributed by atoms with Crippen molar-refractivity contribution in [2.45, 2.75) is 44.2 Å². The van der Waals surface area contributed by atoms with Crippen molar-refractivity contribution in [1.82, 2.24) is 9.97 Å². The maximum absolute atomic E-state index is 10.0. The highest BCUT2D eigenvalue weighted by molar-refractivity contribution is 9.10. The molecule has 94 valence electrons. The molecule has 1 saturated carbocycles.